The normalized spacial score (nSPS) is 19.9. The number of rotatable bonds is 7. The van der Waals surface area contributed by atoms with Gasteiger partial charge in [0.2, 0.25) is 0 Å². The van der Waals surface area contributed by atoms with E-state index in [1.807, 2.05) is 18.7 Å². The lowest BCUT2D eigenvalue weighted by Gasteiger charge is -2.28. The topological polar surface area (TPSA) is 90.1 Å². The molecule has 3 rings (SSSR count). The summed E-state index contributed by atoms with van der Waals surface area (Å²) in [5, 5.41) is 5.77. The van der Waals surface area contributed by atoms with E-state index in [1.165, 1.54) is 0 Å². The first-order chi connectivity index (χ1) is 12.7. The van der Waals surface area contributed by atoms with Crippen molar-refractivity contribution in [2.45, 2.75) is 48.2 Å². The van der Waals surface area contributed by atoms with Crippen LogP contribution in [0.5, 0.6) is 5.75 Å². The number of nitrogens with two attached hydrogens (primary N) is 1. The van der Waals surface area contributed by atoms with Crippen molar-refractivity contribution in [2.75, 3.05) is 13.2 Å². The number of thioether (sulfide) groups is 1. The molecule has 2 aromatic heterocycles. The first kappa shape index (κ1) is 19.1. The summed E-state index contributed by atoms with van der Waals surface area (Å²) in [7, 11) is 0. The average Bonchev–Trinajstić information content (AvgIpc) is 3.06. The van der Waals surface area contributed by atoms with Crippen molar-refractivity contribution >= 4 is 29.0 Å². The molecular formula is C18H24N4O2S2. The van der Waals surface area contributed by atoms with Gasteiger partial charge in [0.25, 0.3) is 5.91 Å². The maximum absolute atomic E-state index is 12.6. The third-order valence-corrected chi connectivity index (χ3v) is 6.66. The van der Waals surface area contributed by atoms with Crippen LogP contribution in [0, 0.1) is 6.92 Å². The van der Waals surface area contributed by atoms with Crippen molar-refractivity contribution in [2.24, 2.45) is 5.73 Å². The highest BCUT2D eigenvalue weighted by atomic mass is 32.2. The van der Waals surface area contributed by atoms with Crippen LogP contribution in [-0.4, -0.2) is 40.3 Å². The molecule has 0 aliphatic heterocycles. The number of thiazole rings is 1. The molecule has 3 N–H and O–H groups in total. The lowest BCUT2D eigenvalue weighted by molar-refractivity contribution is 0.0918. The van der Waals surface area contributed by atoms with E-state index in [4.69, 9.17) is 10.5 Å². The van der Waals surface area contributed by atoms with Crippen molar-refractivity contribution in [3.63, 3.8) is 0 Å². The van der Waals surface area contributed by atoms with Gasteiger partial charge in [-0.3, -0.25) is 4.79 Å². The second-order valence-electron chi connectivity index (χ2n) is 6.31. The van der Waals surface area contributed by atoms with E-state index in [-0.39, 0.29) is 11.9 Å². The van der Waals surface area contributed by atoms with Gasteiger partial charge in [-0.1, -0.05) is 11.8 Å². The highest BCUT2D eigenvalue weighted by Crippen LogP contribution is 2.35. The second kappa shape index (κ2) is 9.34. The number of carbonyl (C=O) groups is 1. The zero-order valence-corrected chi connectivity index (χ0v) is 16.4. The molecule has 2 aromatic rings. The lowest BCUT2D eigenvalue weighted by Crippen LogP contribution is -2.38. The Morgan fingerprint density at radius 2 is 2.23 bits per heavy atom. The first-order valence-corrected chi connectivity index (χ1v) is 10.6. The van der Waals surface area contributed by atoms with Crippen LogP contribution in [0.4, 0.5) is 0 Å². The van der Waals surface area contributed by atoms with Crippen LogP contribution >= 0.6 is 23.1 Å². The fraction of sp³-hybridized carbons (Fsp3) is 0.500. The monoisotopic (exact) mass is 392 g/mol. The van der Waals surface area contributed by atoms with Crippen molar-refractivity contribution in [3.8, 4) is 5.75 Å². The van der Waals surface area contributed by atoms with Crippen molar-refractivity contribution < 1.29 is 9.53 Å². The third-order valence-electron chi connectivity index (χ3n) is 4.24. The number of nitrogens with one attached hydrogen (secondary N) is 1. The number of hydrogen-bond acceptors (Lipinski definition) is 7. The van der Waals surface area contributed by atoms with Gasteiger partial charge in [0.1, 0.15) is 10.9 Å². The van der Waals surface area contributed by atoms with Crippen LogP contribution in [0.1, 0.15) is 41.9 Å². The molecule has 1 amide bonds. The van der Waals surface area contributed by atoms with Crippen LogP contribution in [0.3, 0.4) is 0 Å². The molecule has 140 valence electrons. The zero-order chi connectivity index (χ0) is 18.4. The predicted molar refractivity (Wildman–Crippen MR) is 105 cm³/mol. The van der Waals surface area contributed by atoms with Gasteiger partial charge in [-0.05, 0) is 44.7 Å². The van der Waals surface area contributed by atoms with Crippen LogP contribution in [0.2, 0.25) is 0 Å². The summed E-state index contributed by atoms with van der Waals surface area (Å²) in [6.45, 7) is 2.79. The standard InChI is InChI=1S/C18H24N4O2S2/c1-12-11-25-18(21-12)26-14-6-4-13(5-7-14)22-17(23)16-15(24-10-8-19)3-2-9-20-16/h2-3,9,11,13-14H,4-8,10,19H2,1H3,(H,22,23). The molecule has 0 bridgehead atoms. The van der Waals surface area contributed by atoms with E-state index in [9.17, 15) is 4.79 Å². The SMILES string of the molecule is Cc1csc(SC2CCC(NC(=O)c3ncccc3OCCN)CC2)n1. The fourth-order valence-corrected chi connectivity index (χ4v) is 5.24. The lowest BCUT2D eigenvalue weighted by atomic mass is 9.95. The van der Waals surface area contributed by atoms with Crippen molar-refractivity contribution in [3.05, 3.63) is 35.1 Å². The Morgan fingerprint density at radius 3 is 2.92 bits per heavy atom. The molecule has 8 heteroatoms. The number of pyridine rings is 1. The van der Waals surface area contributed by atoms with Crippen LogP contribution in [-0.2, 0) is 0 Å². The molecule has 6 nitrogen and oxygen atoms in total. The molecule has 0 saturated heterocycles. The van der Waals surface area contributed by atoms with E-state index in [0.29, 0.717) is 29.8 Å². The molecule has 1 aliphatic rings. The molecule has 1 saturated carbocycles. The van der Waals surface area contributed by atoms with Gasteiger partial charge in [-0.15, -0.1) is 11.3 Å². The number of amides is 1. The third kappa shape index (κ3) is 5.18. The van der Waals surface area contributed by atoms with Crippen LogP contribution in [0.25, 0.3) is 0 Å². The number of hydrogen-bond donors (Lipinski definition) is 2. The predicted octanol–water partition coefficient (Wildman–Crippen LogP) is 3.02. The molecular weight excluding hydrogens is 368 g/mol. The van der Waals surface area contributed by atoms with Gasteiger partial charge in [-0.2, -0.15) is 0 Å². The minimum Gasteiger partial charge on any atom is -0.490 e. The summed E-state index contributed by atoms with van der Waals surface area (Å²) < 4.78 is 6.67. The Bertz CT molecular complexity index is 729. The molecule has 1 aliphatic carbocycles. The molecule has 26 heavy (non-hydrogen) atoms. The molecule has 0 spiro atoms. The minimum absolute atomic E-state index is 0.177. The zero-order valence-electron chi connectivity index (χ0n) is 14.8. The number of aromatic nitrogens is 2. The number of nitrogens with zero attached hydrogens (tertiary/aromatic N) is 2. The van der Waals surface area contributed by atoms with E-state index in [2.05, 4.69) is 20.7 Å². The summed E-state index contributed by atoms with van der Waals surface area (Å²) in [6.07, 6.45) is 5.70. The second-order valence-corrected chi connectivity index (χ2v) is 8.71. The fourth-order valence-electron chi connectivity index (χ4n) is 2.95. The summed E-state index contributed by atoms with van der Waals surface area (Å²) in [6, 6.07) is 3.69. The number of aryl methyl sites for hydroxylation is 1. The van der Waals surface area contributed by atoms with E-state index in [0.717, 1.165) is 35.7 Å². The first-order valence-electron chi connectivity index (χ1n) is 8.83. The molecule has 0 aromatic carbocycles. The van der Waals surface area contributed by atoms with E-state index >= 15 is 0 Å². The molecule has 0 radical (unpaired) electrons. The van der Waals surface area contributed by atoms with Crippen LogP contribution in [0.15, 0.2) is 28.0 Å². The Balaban J connectivity index is 1.50. The van der Waals surface area contributed by atoms with Gasteiger partial charge < -0.3 is 15.8 Å². The Morgan fingerprint density at radius 1 is 1.42 bits per heavy atom. The Hall–Kier alpha value is -1.64. The quantitative estimate of drug-likeness (QED) is 0.753. The Labute approximate surface area is 161 Å². The van der Waals surface area contributed by atoms with Crippen molar-refractivity contribution in [1.29, 1.82) is 0 Å². The average molecular weight is 393 g/mol. The largest absolute Gasteiger partial charge is 0.490 e. The highest BCUT2D eigenvalue weighted by Gasteiger charge is 2.25. The molecule has 2 heterocycles. The Kier molecular flexibility index (Phi) is 6.87. The van der Waals surface area contributed by atoms with Gasteiger partial charge in [-0.25, -0.2) is 9.97 Å². The summed E-state index contributed by atoms with van der Waals surface area (Å²) in [5.74, 6) is 0.308. The van der Waals surface area contributed by atoms with Gasteiger partial charge in [0.05, 0.1) is 0 Å². The van der Waals surface area contributed by atoms with Gasteiger partial charge >= 0.3 is 0 Å². The summed E-state index contributed by atoms with van der Waals surface area (Å²) in [4.78, 5) is 21.3. The van der Waals surface area contributed by atoms with Gasteiger partial charge in [0.15, 0.2) is 11.4 Å². The summed E-state index contributed by atoms with van der Waals surface area (Å²) >= 11 is 3.58. The smallest absolute Gasteiger partial charge is 0.273 e. The van der Waals surface area contributed by atoms with Crippen LogP contribution < -0.4 is 15.8 Å². The minimum atomic E-state index is -0.177. The summed E-state index contributed by atoms with van der Waals surface area (Å²) in [5.41, 5.74) is 6.88. The molecule has 0 atom stereocenters. The van der Waals surface area contributed by atoms with Gasteiger partial charge in [0, 0.05) is 35.1 Å². The maximum Gasteiger partial charge on any atom is 0.273 e. The number of ether oxygens (including phenoxy) is 1. The maximum atomic E-state index is 12.6. The highest BCUT2D eigenvalue weighted by molar-refractivity contribution is 8.01. The molecule has 1 fully saturated rings. The van der Waals surface area contributed by atoms with E-state index in [1.54, 1.807) is 29.7 Å². The molecule has 0 unspecified atom stereocenters. The van der Waals surface area contributed by atoms with E-state index < -0.39 is 0 Å². The van der Waals surface area contributed by atoms with Crippen molar-refractivity contribution in [1.82, 2.24) is 15.3 Å². The number of carbonyl (C=O) groups excluding carboxylic acids is 1.